The Morgan fingerprint density at radius 2 is 1.95 bits per heavy atom. The third kappa shape index (κ3) is 4.84. The zero-order valence-corrected chi connectivity index (χ0v) is 12.2. The van der Waals surface area contributed by atoms with E-state index in [4.69, 9.17) is 0 Å². The number of amides is 1. The number of carbonyl (C=O) groups excluding carboxylic acids is 1. The van der Waals surface area contributed by atoms with E-state index in [9.17, 15) is 14.7 Å². The number of nitrogens with one attached hydrogen (secondary N) is 1. The van der Waals surface area contributed by atoms with Gasteiger partial charge in [0.25, 0.3) is 0 Å². The van der Waals surface area contributed by atoms with E-state index >= 15 is 0 Å². The molecule has 0 aliphatic heterocycles. The van der Waals surface area contributed by atoms with Gasteiger partial charge in [0.15, 0.2) is 0 Å². The normalized spacial score (nSPS) is 24.7. The first-order chi connectivity index (χ1) is 9.10. The van der Waals surface area contributed by atoms with Crippen molar-refractivity contribution < 1.29 is 14.7 Å². The van der Waals surface area contributed by atoms with Crippen molar-refractivity contribution in [3.05, 3.63) is 0 Å². The van der Waals surface area contributed by atoms with Crippen molar-refractivity contribution in [2.24, 2.45) is 11.8 Å². The monoisotopic (exact) mass is 269 g/mol. The van der Waals surface area contributed by atoms with Crippen LogP contribution in [-0.4, -0.2) is 23.0 Å². The summed E-state index contributed by atoms with van der Waals surface area (Å²) in [6.45, 7) is 4.14. The smallest absolute Gasteiger partial charge is 0.308 e. The highest BCUT2D eigenvalue weighted by molar-refractivity contribution is 5.80. The molecule has 1 aliphatic rings. The summed E-state index contributed by atoms with van der Waals surface area (Å²) in [7, 11) is 0. The molecule has 3 unspecified atom stereocenters. The van der Waals surface area contributed by atoms with Crippen molar-refractivity contribution in [3.8, 4) is 0 Å². The summed E-state index contributed by atoms with van der Waals surface area (Å²) in [6.07, 6.45) is 7.33. The Morgan fingerprint density at radius 3 is 2.53 bits per heavy atom. The Kier molecular flexibility index (Phi) is 6.89. The second-order valence-electron chi connectivity index (χ2n) is 5.59. The molecule has 19 heavy (non-hydrogen) atoms. The van der Waals surface area contributed by atoms with Crippen LogP contribution in [0.2, 0.25) is 0 Å². The standard InChI is InChI=1S/C15H27NO3/c1-3-5-8-11(4-2)14(17)16-13-10-7-6-9-12(13)15(18)19/h11-13H,3-10H2,1-2H3,(H,16,17)(H,18,19). The fourth-order valence-electron chi connectivity index (χ4n) is 2.87. The SMILES string of the molecule is CCCCC(CC)C(=O)NC1CCCCC1C(=O)O. The topological polar surface area (TPSA) is 66.4 Å². The highest BCUT2D eigenvalue weighted by Crippen LogP contribution is 2.25. The lowest BCUT2D eigenvalue weighted by atomic mass is 9.84. The van der Waals surface area contributed by atoms with Crippen LogP contribution >= 0.6 is 0 Å². The molecule has 0 heterocycles. The van der Waals surface area contributed by atoms with Crippen molar-refractivity contribution in [2.45, 2.75) is 71.3 Å². The van der Waals surface area contributed by atoms with Crippen LogP contribution in [-0.2, 0) is 9.59 Å². The molecule has 1 rings (SSSR count). The Morgan fingerprint density at radius 1 is 1.26 bits per heavy atom. The lowest BCUT2D eigenvalue weighted by molar-refractivity contribution is -0.144. The number of hydrogen-bond donors (Lipinski definition) is 2. The van der Waals surface area contributed by atoms with Crippen LogP contribution in [0, 0.1) is 11.8 Å². The lowest BCUT2D eigenvalue weighted by Gasteiger charge is -2.30. The molecular weight excluding hydrogens is 242 g/mol. The Labute approximate surface area is 116 Å². The van der Waals surface area contributed by atoms with E-state index in [0.29, 0.717) is 6.42 Å². The lowest BCUT2D eigenvalue weighted by Crippen LogP contribution is -2.47. The van der Waals surface area contributed by atoms with E-state index in [1.54, 1.807) is 0 Å². The summed E-state index contributed by atoms with van der Waals surface area (Å²) in [5.41, 5.74) is 0. The molecule has 110 valence electrons. The van der Waals surface area contributed by atoms with Gasteiger partial charge in [-0.05, 0) is 25.7 Å². The van der Waals surface area contributed by atoms with Crippen LogP contribution < -0.4 is 5.32 Å². The maximum atomic E-state index is 12.2. The van der Waals surface area contributed by atoms with Crippen LogP contribution in [0.4, 0.5) is 0 Å². The summed E-state index contributed by atoms with van der Waals surface area (Å²) < 4.78 is 0. The Balaban J connectivity index is 2.54. The molecule has 0 radical (unpaired) electrons. The Hall–Kier alpha value is -1.06. The zero-order valence-electron chi connectivity index (χ0n) is 12.2. The minimum absolute atomic E-state index is 0.0383. The first kappa shape index (κ1) is 16.0. The highest BCUT2D eigenvalue weighted by atomic mass is 16.4. The first-order valence-corrected chi connectivity index (χ1v) is 7.63. The van der Waals surface area contributed by atoms with Gasteiger partial charge in [-0.15, -0.1) is 0 Å². The molecule has 1 saturated carbocycles. The second kappa shape index (κ2) is 8.18. The molecule has 0 aromatic carbocycles. The number of aliphatic carboxylic acids is 1. The predicted molar refractivity (Wildman–Crippen MR) is 74.8 cm³/mol. The molecule has 0 saturated heterocycles. The van der Waals surface area contributed by atoms with Crippen LogP contribution in [0.3, 0.4) is 0 Å². The summed E-state index contributed by atoms with van der Waals surface area (Å²) in [5.74, 6) is -1.08. The van der Waals surface area contributed by atoms with Gasteiger partial charge in [-0.25, -0.2) is 0 Å². The molecule has 4 heteroatoms. The van der Waals surface area contributed by atoms with Crippen LogP contribution in [0.5, 0.6) is 0 Å². The van der Waals surface area contributed by atoms with E-state index in [2.05, 4.69) is 12.2 Å². The fourth-order valence-corrected chi connectivity index (χ4v) is 2.87. The fraction of sp³-hybridized carbons (Fsp3) is 0.867. The quantitative estimate of drug-likeness (QED) is 0.746. The molecular formula is C15H27NO3. The molecule has 3 atom stereocenters. The molecule has 1 aliphatic carbocycles. The minimum Gasteiger partial charge on any atom is -0.481 e. The second-order valence-corrected chi connectivity index (χ2v) is 5.59. The first-order valence-electron chi connectivity index (χ1n) is 7.63. The van der Waals surface area contributed by atoms with Crippen LogP contribution in [0.15, 0.2) is 0 Å². The number of rotatable bonds is 7. The largest absolute Gasteiger partial charge is 0.481 e. The number of hydrogen-bond acceptors (Lipinski definition) is 2. The Bertz CT molecular complexity index is 304. The molecule has 0 bridgehead atoms. The molecule has 1 fully saturated rings. The minimum atomic E-state index is -0.772. The molecule has 1 amide bonds. The van der Waals surface area contributed by atoms with E-state index in [0.717, 1.165) is 44.9 Å². The number of carbonyl (C=O) groups is 2. The predicted octanol–water partition coefficient (Wildman–Crippen LogP) is 2.96. The molecule has 0 aromatic heterocycles. The van der Waals surface area contributed by atoms with Gasteiger partial charge in [0, 0.05) is 12.0 Å². The maximum absolute atomic E-state index is 12.2. The van der Waals surface area contributed by atoms with Gasteiger partial charge < -0.3 is 10.4 Å². The van der Waals surface area contributed by atoms with Gasteiger partial charge in [-0.3, -0.25) is 9.59 Å². The molecule has 0 spiro atoms. The average Bonchev–Trinajstić information content (AvgIpc) is 2.40. The highest BCUT2D eigenvalue weighted by Gasteiger charge is 2.32. The third-order valence-electron chi connectivity index (χ3n) is 4.18. The zero-order chi connectivity index (χ0) is 14.3. The third-order valence-corrected chi connectivity index (χ3v) is 4.18. The van der Waals surface area contributed by atoms with E-state index < -0.39 is 11.9 Å². The number of carboxylic acid groups (broad SMARTS) is 1. The van der Waals surface area contributed by atoms with E-state index in [1.807, 2.05) is 6.92 Å². The van der Waals surface area contributed by atoms with Crippen molar-refractivity contribution >= 4 is 11.9 Å². The average molecular weight is 269 g/mol. The van der Waals surface area contributed by atoms with Crippen molar-refractivity contribution in [2.75, 3.05) is 0 Å². The van der Waals surface area contributed by atoms with Gasteiger partial charge >= 0.3 is 5.97 Å². The van der Waals surface area contributed by atoms with Crippen LogP contribution in [0.1, 0.15) is 65.2 Å². The van der Waals surface area contributed by atoms with Gasteiger partial charge in [-0.1, -0.05) is 39.5 Å². The van der Waals surface area contributed by atoms with E-state index in [1.165, 1.54) is 0 Å². The molecule has 0 aromatic rings. The van der Waals surface area contributed by atoms with Crippen molar-refractivity contribution in [1.82, 2.24) is 5.32 Å². The van der Waals surface area contributed by atoms with Gasteiger partial charge in [0.2, 0.25) is 5.91 Å². The summed E-state index contributed by atoms with van der Waals surface area (Å²) in [6, 6.07) is -0.172. The van der Waals surface area contributed by atoms with Gasteiger partial charge in [0.1, 0.15) is 0 Å². The van der Waals surface area contributed by atoms with Crippen LogP contribution in [0.25, 0.3) is 0 Å². The summed E-state index contributed by atoms with van der Waals surface area (Å²) in [4.78, 5) is 23.4. The number of unbranched alkanes of at least 4 members (excludes halogenated alkanes) is 1. The van der Waals surface area contributed by atoms with Gasteiger partial charge in [0.05, 0.1) is 5.92 Å². The van der Waals surface area contributed by atoms with Crippen molar-refractivity contribution in [3.63, 3.8) is 0 Å². The van der Waals surface area contributed by atoms with Crippen molar-refractivity contribution in [1.29, 1.82) is 0 Å². The maximum Gasteiger partial charge on any atom is 0.308 e. The van der Waals surface area contributed by atoms with E-state index in [-0.39, 0.29) is 17.9 Å². The summed E-state index contributed by atoms with van der Waals surface area (Å²) >= 11 is 0. The number of carboxylic acids is 1. The van der Waals surface area contributed by atoms with Gasteiger partial charge in [-0.2, -0.15) is 0 Å². The summed E-state index contributed by atoms with van der Waals surface area (Å²) in [5, 5.41) is 12.2. The molecule has 2 N–H and O–H groups in total. The molecule has 4 nitrogen and oxygen atoms in total.